The van der Waals surface area contributed by atoms with Crippen molar-refractivity contribution in [3.05, 3.63) is 0 Å². The summed E-state index contributed by atoms with van der Waals surface area (Å²) in [6.07, 6.45) is -1.40. The van der Waals surface area contributed by atoms with Crippen LogP contribution in [-0.4, -0.2) is 12.6 Å². The van der Waals surface area contributed by atoms with Crippen LogP contribution >= 0.6 is 0 Å². The van der Waals surface area contributed by atoms with Crippen molar-refractivity contribution in [3.63, 3.8) is 0 Å². The Balaban J connectivity index is 1.93. The fraction of sp³-hybridized carbons (Fsp3) is 1.00. The lowest BCUT2D eigenvalue weighted by molar-refractivity contribution is 0.612. The highest BCUT2D eigenvalue weighted by Gasteiger charge is 2.10. The van der Waals surface area contributed by atoms with E-state index in [0.29, 0.717) is 0 Å². The van der Waals surface area contributed by atoms with Gasteiger partial charge in [-0.25, -0.2) is 0 Å². The highest BCUT2D eigenvalue weighted by atomic mass is 15.6. The predicted molar refractivity (Wildman–Crippen MR) is 31.9 cm³/mol. The van der Waals surface area contributed by atoms with Gasteiger partial charge in [-0.2, -0.15) is 0 Å². The van der Waals surface area contributed by atoms with Gasteiger partial charge in [0, 0.05) is 0 Å². The van der Waals surface area contributed by atoms with E-state index in [-0.39, 0.29) is 0 Å². The van der Waals surface area contributed by atoms with Crippen LogP contribution in [0, 0.1) is 0 Å². The Labute approximate surface area is 65.3 Å². The predicted octanol–water partition coefficient (Wildman–Crippen LogP) is 1.67. The molecule has 0 aromatic heterocycles. The van der Waals surface area contributed by atoms with Crippen LogP contribution in [0.1, 0.15) is 0 Å². The molecule has 0 radical (unpaired) electrons. The summed E-state index contributed by atoms with van der Waals surface area (Å²) in [4.78, 5) is 0. The molecule has 0 bridgehead atoms. The Morgan fingerprint density at radius 3 is 1.25 bits per heavy atom. The average molecular weight is 166 g/mol. The molecule has 0 unspecified atom stereocenters. The maximum Gasteiger partial charge on any atom is 0.293 e. The zero-order valence-corrected chi connectivity index (χ0v) is 5.63. The van der Waals surface area contributed by atoms with Crippen molar-refractivity contribution in [1.29, 1.82) is 0 Å². The van der Waals surface area contributed by atoms with Gasteiger partial charge in [0.1, 0.15) is 0 Å². The van der Waals surface area contributed by atoms with Crippen molar-refractivity contribution in [3.8, 4) is 0 Å². The molecule has 2 heterocycles. The second-order valence-corrected chi connectivity index (χ2v) is 1.74. The first kappa shape index (κ1) is 6.69. The molecule has 10 nitrogen and oxygen atoms in total. The smallest absolute Gasteiger partial charge is 0.134 e. The van der Waals surface area contributed by atoms with Crippen LogP contribution in [0.3, 0.4) is 0 Å². The highest BCUT2D eigenvalue weighted by molar-refractivity contribution is 4.59. The second kappa shape index (κ2) is 2.94. The molecule has 10 heteroatoms. The molecule has 0 aromatic rings. The third-order valence-electron chi connectivity index (χ3n) is 0.973. The monoisotopic (exact) mass is 166 g/mol. The maximum absolute atomic E-state index is 3.60. The van der Waals surface area contributed by atoms with Crippen LogP contribution in [-0.2, 0) is 0 Å². The molecule has 2 aliphatic heterocycles. The summed E-state index contributed by atoms with van der Waals surface area (Å²) in [5, 5.41) is 34.1. The molecule has 2 aliphatic rings. The van der Waals surface area contributed by atoms with Gasteiger partial charge in [0.15, 0.2) is 0 Å². The molecule has 0 aliphatic carbocycles. The lowest BCUT2D eigenvalue weighted by atomic mass is 10.9. The Morgan fingerprint density at radius 1 is 0.583 bits per heavy atom. The van der Waals surface area contributed by atoms with Crippen molar-refractivity contribution < 1.29 is 0 Å². The molecular formula is C2H2N10. The highest BCUT2D eigenvalue weighted by Crippen LogP contribution is 2.10. The van der Waals surface area contributed by atoms with E-state index in [1.165, 1.54) is 0 Å². The Hall–Kier alpha value is -2.00. The van der Waals surface area contributed by atoms with Crippen LogP contribution in [0.15, 0.2) is 51.6 Å². The summed E-state index contributed by atoms with van der Waals surface area (Å²) in [6.45, 7) is 0. The largest absolute Gasteiger partial charge is 0.293 e. The van der Waals surface area contributed by atoms with E-state index < -0.39 is 12.6 Å². The van der Waals surface area contributed by atoms with Crippen molar-refractivity contribution in [2.75, 3.05) is 0 Å². The molecule has 12 heavy (non-hydrogen) atoms. The molecule has 60 valence electrons. The first-order chi connectivity index (χ1) is 5.95. The number of nitrogens with zero attached hydrogens (tertiary/aromatic N) is 10. The van der Waals surface area contributed by atoms with Crippen molar-refractivity contribution in [2.45, 2.75) is 12.6 Å². The lowest BCUT2D eigenvalue weighted by Gasteiger charge is -1.90. The van der Waals surface area contributed by atoms with Crippen molar-refractivity contribution >= 4 is 0 Å². The van der Waals surface area contributed by atoms with E-state index in [0.717, 1.165) is 0 Å². The van der Waals surface area contributed by atoms with Gasteiger partial charge in [-0.15, -0.1) is 30.7 Å². The molecular weight excluding hydrogens is 164 g/mol. The standard InChI is InChI=1S/C2H2N10/c3(1-5-9-10-6-1)4-2-7-11-12-8-2/h1-2H/b4-3+. The van der Waals surface area contributed by atoms with Gasteiger partial charge < -0.3 is 0 Å². The molecule has 2 rings (SSSR count). The molecule has 0 atom stereocenters. The third kappa shape index (κ3) is 1.36. The quantitative estimate of drug-likeness (QED) is 0.553. The minimum Gasteiger partial charge on any atom is -0.134 e. The number of hydrogen-bond donors (Lipinski definition) is 0. The summed E-state index contributed by atoms with van der Waals surface area (Å²) in [5.74, 6) is 0. The normalized spacial score (nSPS) is 22.3. The van der Waals surface area contributed by atoms with Crippen LogP contribution in [0.2, 0.25) is 0 Å². The summed E-state index contributed by atoms with van der Waals surface area (Å²) < 4.78 is 0. The van der Waals surface area contributed by atoms with Gasteiger partial charge in [0.05, 0.1) is 0 Å². The van der Waals surface area contributed by atoms with E-state index in [2.05, 4.69) is 51.6 Å². The molecule has 0 fully saturated rings. The van der Waals surface area contributed by atoms with Crippen molar-refractivity contribution in [1.82, 2.24) is 0 Å². The van der Waals surface area contributed by atoms with Crippen LogP contribution < -0.4 is 0 Å². The molecule has 0 saturated carbocycles. The maximum atomic E-state index is 3.60. The molecule has 0 saturated heterocycles. The van der Waals surface area contributed by atoms with E-state index in [1.54, 1.807) is 0 Å². The van der Waals surface area contributed by atoms with Crippen LogP contribution in [0.4, 0.5) is 0 Å². The van der Waals surface area contributed by atoms with Gasteiger partial charge >= 0.3 is 0 Å². The molecule has 0 N–H and O–H groups in total. The van der Waals surface area contributed by atoms with Crippen LogP contribution in [0.25, 0.3) is 0 Å². The van der Waals surface area contributed by atoms with E-state index in [4.69, 9.17) is 0 Å². The van der Waals surface area contributed by atoms with Gasteiger partial charge in [0.25, 0.3) is 12.6 Å². The second-order valence-electron chi connectivity index (χ2n) is 1.74. The van der Waals surface area contributed by atoms with Crippen molar-refractivity contribution in [2.24, 2.45) is 51.6 Å². The Morgan fingerprint density at radius 2 is 0.917 bits per heavy atom. The zero-order chi connectivity index (χ0) is 8.23. The summed E-state index contributed by atoms with van der Waals surface area (Å²) in [6, 6.07) is 0. The third-order valence-corrected chi connectivity index (χ3v) is 0.973. The number of rotatable bonds is 2. The molecule has 0 aromatic carbocycles. The first-order valence-corrected chi connectivity index (χ1v) is 2.95. The topological polar surface area (TPSA) is 124 Å². The van der Waals surface area contributed by atoms with E-state index >= 15 is 0 Å². The van der Waals surface area contributed by atoms with Gasteiger partial charge in [-0.3, -0.25) is 0 Å². The summed E-state index contributed by atoms with van der Waals surface area (Å²) in [5.41, 5.74) is 0. The van der Waals surface area contributed by atoms with E-state index in [1.807, 2.05) is 0 Å². The van der Waals surface area contributed by atoms with Gasteiger partial charge in [0.2, 0.25) is 0 Å². The SMILES string of the molecule is N1=NC(/N=N/C2N=NN=N2)N=N1. The lowest BCUT2D eigenvalue weighted by Crippen LogP contribution is -1.93. The fourth-order valence-electron chi connectivity index (χ4n) is 0.535. The summed E-state index contributed by atoms with van der Waals surface area (Å²) >= 11 is 0. The average Bonchev–Trinajstić information content (AvgIpc) is 2.74. The molecule has 0 spiro atoms. The zero-order valence-electron chi connectivity index (χ0n) is 5.63. The molecule has 0 amide bonds. The van der Waals surface area contributed by atoms with E-state index in [9.17, 15) is 0 Å². The minimum atomic E-state index is -0.698. The minimum absolute atomic E-state index is 0.698. The Bertz CT molecular complexity index is 241. The fourth-order valence-corrected chi connectivity index (χ4v) is 0.535. The van der Waals surface area contributed by atoms with Crippen LogP contribution in [0.5, 0.6) is 0 Å². The number of hydrogen-bond acceptors (Lipinski definition) is 10. The Kier molecular flexibility index (Phi) is 1.64. The summed E-state index contributed by atoms with van der Waals surface area (Å²) in [7, 11) is 0. The van der Waals surface area contributed by atoms with Gasteiger partial charge in [-0.05, 0) is 20.9 Å². The number of azo groups is 1. The van der Waals surface area contributed by atoms with Gasteiger partial charge in [-0.1, -0.05) is 0 Å². The first-order valence-electron chi connectivity index (χ1n) is 2.95.